The Labute approximate surface area is 119 Å². The van der Waals surface area contributed by atoms with Gasteiger partial charge in [-0.2, -0.15) is 4.98 Å². The lowest BCUT2D eigenvalue weighted by Crippen LogP contribution is -2.10. The molecule has 0 unspecified atom stereocenters. The van der Waals surface area contributed by atoms with E-state index in [9.17, 15) is 0 Å². The van der Waals surface area contributed by atoms with Crippen LogP contribution in [0.3, 0.4) is 0 Å². The first-order valence-electron chi connectivity index (χ1n) is 7.08. The van der Waals surface area contributed by atoms with E-state index < -0.39 is 0 Å². The number of benzene rings is 1. The Morgan fingerprint density at radius 1 is 1.15 bits per heavy atom. The number of hydrogen-bond donors (Lipinski definition) is 1. The van der Waals surface area contributed by atoms with Gasteiger partial charge >= 0.3 is 0 Å². The van der Waals surface area contributed by atoms with Crippen molar-refractivity contribution in [2.45, 2.75) is 38.8 Å². The van der Waals surface area contributed by atoms with Crippen LogP contribution in [0.25, 0.3) is 11.4 Å². The number of hydrogen-bond acceptors (Lipinski definition) is 4. The predicted octanol–water partition coefficient (Wildman–Crippen LogP) is 3.51. The molecule has 0 amide bonds. The number of rotatable bonds is 5. The van der Waals surface area contributed by atoms with Crippen LogP contribution in [0, 0.1) is 0 Å². The molecule has 0 atom stereocenters. The molecule has 1 N–H and O–H groups in total. The number of aromatic nitrogens is 2. The summed E-state index contributed by atoms with van der Waals surface area (Å²) in [6.45, 7) is 4.00. The molecule has 0 bridgehead atoms. The standard InChI is InChI=1S/C16H19N3O/c1-11(2)20-15-10-14(17-13-8-9-13)18-16(19-15)12-6-4-3-5-7-12/h3-7,10-11,13H,8-9H2,1-2H3,(H,17,18,19). The summed E-state index contributed by atoms with van der Waals surface area (Å²) < 4.78 is 5.73. The molecule has 20 heavy (non-hydrogen) atoms. The highest BCUT2D eigenvalue weighted by molar-refractivity contribution is 5.58. The Balaban J connectivity index is 1.94. The number of nitrogens with one attached hydrogen (secondary N) is 1. The van der Waals surface area contributed by atoms with E-state index in [0.717, 1.165) is 11.4 Å². The normalized spacial score (nSPS) is 14.3. The molecule has 0 saturated heterocycles. The van der Waals surface area contributed by atoms with Crippen LogP contribution in [0.2, 0.25) is 0 Å². The second-order valence-corrected chi connectivity index (χ2v) is 5.37. The van der Waals surface area contributed by atoms with Crippen molar-refractivity contribution in [2.75, 3.05) is 5.32 Å². The summed E-state index contributed by atoms with van der Waals surface area (Å²) >= 11 is 0. The van der Waals surface area contributed by atoms with Crippen LogP contribution in [-0.2, 0) is 0 Å². The van der Waals surface area contributed by atoms with Gasteiger partial charge in [-0.3, -0.25) is 0 Å². The highest BCUT2D eigenvalue weighted by Crippen LogP contribution is 2.27. The lowest BCUT2D eigenvalue weighted by atomic mass is 10.2. The fourth-order valence-corrected chi connectivity index (χ4v) is 1.95. The maximum Gasteiger partial charge on any atom is 0.219 e. The second-order valence-electron chi connectivity index (χ2n) is 5.37. The Bertz CT molecular complexity index is 557. The van der Waals surface area contributed by atoms with Crippen molar-refractivity contribution in [1.82, 2.24) is 9.97 Å². The summed E-state index contributed by atoms with van der Waals surface area (Å²) in [6.07, 6.45) is 2.53. The van der Waals surface area contributed by atoms with Crippen molar-refractivity contribution in [3.05, 3.63) is 36.4 Å². The molecule has 1 aliphatic rings. The van der Waals surface area contributed by atoms with E-state index >= 15 is 0 Å². The Kier molecular flexibility index (Phi) is 3.54. The minimum absolute atomic E-state index is 0.0994. The van der Waals surface area contributed by atoms with Crippen LogP contribution in [0.15, 0.2) is 36.4 Å². The van der Waals surface area contributed by atoms with Crippen molar-refractivity contribution in [1.29, 1.82) is 0 Å². The maximum atomic E-state index is 5.73. The van der Waals surface area contributed by atoms with Gasteiger partial charge in [-0.15, -0.1) is 0 Å². The Morgan fingerprint density at radius 2 is 1.90 bits per heavy atom. The van der Waals surface area contributed by atoms with E-state index in [4.69, 9.17) is 4.74 Å². The van der Waals surface area contributed by atoms with Crippen LogP contribution in [0.4, 0.5) is 5.82 Å². The number of anilines is 1. The molecule has 1 aromatic carbocycles. The van der Waals surface area contributed by atoms with Crippen LogP contribution in [-0.4, -0.2) is 22.1 Å². The molecular weight excluding hydrogens is 250 g/mol. The highest BCUT2D eigenvalue weighted by Gasteiger charge is 2.22. The number of nitrogens with zero attached hydrogens (tertiary/aromatic N) is 2. The average Bonchev–Trinajstić information content (AvgIpc) is 3.22. The molecule has 1 saturated carbocycles. The molecule has 4 nitrogen and oxygen atoms in total. The van der Waals surface area contributed by atoms with Gasteiger partial charge in [0, 0.05) is 17.7 Å². The number of ether oxygens (including phenoxy) is 1. The van der Waals surface area contributed by atoms with E-state index in [2.05, 4.69) is 15.3 Å². The third-order valence-corrected chi connectivity index (χ3v) is 3.02. The van der Waals surface area contributed by atoms with Gasteiger partial charge in [0.15, 0.2) is 5.82 Å². The zero-order chi connectivity index (χ0) is 13.9. The van der Waals surface area contributed by atoms with E-state index in [0.29, 0.717) is 17.7 Å². The fraction of sp³-hybridized carbons (Fsp3) is 0.375. The van der Waals surface area contributed by atoms with Crippen molar-refractivity contribution in [2.24, 2.45) is 0 Å². The summed E-state index contributed by atoms with van der Waals surface area (Å²) in [6, 6.07) is 12.4. The van der Waals surface area contributed by atoms with E-state index in [1.807, 2.05) is 50.2 Å². The van der Waals surface area contributed by atoms with Gasteiger partial charge in [-0.1, -0.05) is 30.3 Å². The summed E-state index contributed by atoms with van der Waals surface area (Å²) in [5.74, 6) is 2.17. The molecule has 1 aliphatic carbocycles. The van der Waals surface area contributed by atoms with Gasteiger partial charge < -0.3 is 10.1 Å². The minimum atomic E-state index is 0.0994. The second kappa shape index (κ2) is 5.49. The summed E-state index contributed by atoms with van der Waals surface area (Å²) in [4.78, 5) is 9.09. The van der Waals surface area contributed by atoms with Crippen LogP contribution in [0.5, 0.6) is 5.88 Å². The minimum Gasteiger partial charge on any atom is -0.475 e. The van der Waals surface area contributed by atoms with Gasteiger partial charge in [-0.25, -0.2) is 4.98 Å². The van der Waals surface area contributed by atoms with E-state index in [1.54, 1.807) is 0 Å². The average molecular weight is 269 g/mol. The largest absolute Gasteiger partial charge is 0.475 e. The topological polar surface area (TPSA) is 47.0 Å². The fourth-order valence-electron chi connectivity index (χ4n) is 1.95. The third-order valence-electron chi connectivity index (χ3n) is 3.02. The van der Waals surface area contributed by atoms with Crippen molar-refractivity contribution in [3.8, 4) is 17.3 Å². The Morgan fingerprint density at radius 3 is 2.55 bits per heavy atom. The summed E-state index contributed by atoms with van der Waals surface area (Å²) in [5, 5.41) is 3.41. The lowest BCUT2D eigenvalue weighted by Gasteiger charge is -2.12. The van der Waals surface area contributed by atoms with Gasteiger partial charge in [0.1, 0.15) is 5.82 Å². The molecule has 2 aromatic rings. The third kappa shape index (κ3) is 3.26. The van der Waals surface area contributed by atoms with Gasteiger partial charge in [0.2, 0.25) is 5.88 Å². The summed E-state index contributed by atoms with van der Waals surface area (Å²) in [5.41, 5.74) is 1.00. The van der Waals surface area contributed by atoms with Gasteiger partial charge in [-0.05, 0) is 26.7 Å². The van der Waals surface area contributed by atoms with E-state index in [-0.39, 0.29) is 6.10 Å². The van der Waals surface area contributed by atoms with Crippen molar-refractivity contribution >= 4 is 5.82 Å². The van der Waals surface area contributed by atoms with Crippen molar-refractivity contribution < 1.29 is 4.74 Å². The predicted molar refractivity (Wildman–Crippen MR) is 79.9 cm³/mol. The molecule has 0 spiro atoms. The Hall–Kier alpha value is -2.10. The van der Waals surface area contributed by atoms with Gasteiger partial charge in [0.05, 0.1) is 6.10 Å². The lowest BCUT2D eigenvalue weighted by molar-refractivity contribution is 0.232. The SMILES string of the molecule is CC(C)Oc1cc(NC2CC2)nc(-c2ccccc2)n1. The van der Waals surface area contributed by atoms with Crippen LogP contribution < -0.4 is 10.1 Å². The molecule has 1 heterocycles. The van der Waals surface area contributed by atoms with Gasteiger partial charge in [0.25, 0.3) is 0 Å². The summed E-state index contributed by atoms with van der Waals surface area (Å²) in [7, 11) is 0. The monoisotopic (exact) mass is 269 g/mol. The maximum absolute atomic E-state index is 5.73. The molecule has 0 radical (unpaired) electrons. The van der Waals surface area contributed by atoms with Crippen molar-refractivity contribution in [3.63, 3.8) is 0 Å². The van der Waals surface area contributed by atoms with Crippen LogP contribution >= 0.6 is 0 Å². The first-order chi connectivity index (χ1) is 9.70. The van der Waals surface area contributed by atoms with E-state index in [1.165, 1.54) is 12.8 Å². The molecule has 104 valence electrons. The molecule has 3 rings (SSSR count). The molecule has 1 aromatic heterocycles. The molecular formula is C16H19N3O. The van der Waals surface area contributed by atoms with Crippen LogP contribution in [0.1, 0.15) is 26.7 Å². The smallest absolute Gasteiger partial charge is 0.219 e. The molecule has 0 aliphatic heterocycles. The highest BCUT2D eigenvalue weighted by atomic mass is 16.5. The quantitative estimate of drug-likeness (QED) is 0.902. The first-order valence-corrected chi connectivity index (χ1v) is 7.08. The molecule has 4 heteroatoms. The zero-order valence-electron chi connectivity index (χ0n) is 11.8. The first kappa shape index (κ1) is 12.9. The zero-order valence-corrected chi connectivity index (χ0v) is 11.8. The molecule has 1 fully saturated rings.